The SMILES string of the molecule is C[C@H]1CC(N[C@H](C)CO)C[C@H](C)C1. The Bertz CT molecular complexity index is 139. The largest absolute Gasteiger partial charge is 0.395 e. The van der Waals surface area contributed by atoms with Gasteiger partial charge >= 0.3 is 0 Å². The van der Waals surface area contributed by atoms with E-state index >= 15 is 0 Å². The van der Waals surface area contributed by atoms with Gasteiger partial charge in [0.05, 0.1) is 6.61 Å². The van der Waals surface area contributed by atoms with Crippen molar-refractivity contribution >= 4 is 0 Å². The molecule has 0 aromatic heterocycles. The fraction of sp³-hybridized carbons (Fsp3) is 1.00. The van der Waals surface area contributed by atoms with Gasteiger partial charge in [-0.3, -0.25) is 0 Å². The third kappa shape index (κ3) is 3.65. The Morgan fingerprint density at radius 3 is 2.23 bits per heavy atom. The molecule has 0 radical (unpaired) electrons. The van der Waals surface area contributed by atoms with Gasteiger partial charge in [-0.1, -0.05) is 13.8 Å². The Morgan fingerprint density at radius 1 is 1.23 bits per heavy atom. The summed E-state index contributed by atoms with van der Waals surface area (Å²) in [5.74, 6) is 1.68. The van der Waals surface area contributed by atoms with Crippen molar-refractivity contribution < 1.29 is 5.11 Å². The van der Waals surface area contributed by atoms with Crippen LogP contribution in [-0.2, 0) is 0 Å². The lowest BCUT2D eigenvalue weighted by atomic mass is 9.80. The van der Waals surface area contributed by atoms with Crippen LogP contribution in [0.2, 0.25) is 0 Å². The first-order chi connectivity index (χ1) is 6.11. The van der Waals surface area contributed by atoms with Crippen LogP contribution in [0.4, 0.5) is 0 Å². The highest BCUT2D eigenvalue weighted by atomic mass is 16.3. The minimum atomic E-state index is 0.249. The Labute approximate surface area is 81.7 Å². The van der Waals surface area contributed by atoms with Crippen LogP contribution in [0.3, 0.4) is 0 Å². The smallest absolute Gasteiger partial charge is 0.0582 e. The van der Waals surface area contributed by atoms with E-state index in [1.54, 1.807) is 0 Å². The van der Waals surface area contributed by atoms with Crippen molar-refractivity contribution in [2.45, 2.75) is 52.1 Å². The minimum absolute atomic E-state index is 0.249. The summed E-state index contributed by atoms with van der Waals surface area (Å²) in [5.41, 5.74) is 0. The fourth-order valence-electron chi connectivity index (χ4n) is 2.54. The summed E-state index contributed by atoms with van der Waals surface area (Å²) in [6.45, 7) is 6.95. The van der Waals surface area contributed by atoms with E-state index in [0.29, 0.717) is 6.04 Å². The molecule has 0 amide bonds. The van der Waals surface area contributed by atoms with Gasteiger partial charge in [0.1, 0.15) is 0 Å². The van der Waals surface area contributed by atoms with Crippen molar-refractivity contribution in [3.05, 3.63) is 0 Å². The summed E-state index contributed by atoms with van der Waals surface area (Å²) in [7, 11) is 0. The zero-order chi connectivity index (χ0) is 9.84. The molecule has 0 spiro atoms. The monoisotopic (exact) mass is 185 g/mol. The van der Waals surface area contributed by atoms with Crippen LogP contribution < -0.4 is 5.32 Å². The number of rotatable bonds is 3. The zero-order valence-electron chi connectivity index (χ0n) is 9.09. The number of aliphatic hydroxyl groups is 1. The van der Waals surface area contributed by atoms with Crippen molar-refractivity contribution in [1.29, 1.82) is 0 Å². The third-order valence-corrected chi connectivity index (χ3v) is 2.97. The van der Waals surface area contributed by atoms with Gasteiger partial charge in [0, 0.05) is 12.1 Å². The minimum Gasteiger partial charge on any atom is -0.395 e. The Balaban J connectivity index is 2.32. The van der Waals surface area contributed by atoms with Gasteiger partial charge in [-0.2, -0.15) is 0 Å². The van der Waals surface area contributed by atoms with Crippen molar-refractivity contribution in [2.75, 3.05) is 6.61 Å². The van der Waals surface area contributed by atoms with Crippen LogP contribution in [0.25, 0.3) is 0 Å². The average molecular weight is 185 g/mol. The second-order valence-corrected chi connectivity index (χ2v) is 4.86. The van der Waals surface area contributed by atoms with Crippen LogP contribution in [0.15, 0.2) is 0 Å². The molecule has 2 heteroatoms. The van der Waals surface area contributed by atoms with Gasteiger partial charge in [0.2, 0.25) is 0 Å². The molecule has 2 nitrogen and oxygen atoms in total. The molecular formula is C11H23NO. The molecule has 1 aliphatic carbocycles. The van der Waals surface area contributed by atoms with Crippen molar-refractivity contribution in [2.24, 2.45) is 11.8 Å². The molecule has 78 valence electrons. The average Bonchev–Trinajstić information content (AvgIpc) is 2.02. The highest BCUT2D eigenvalue weighted by molar-refractivity contribution is 4.81. The van der Waals surface area contributed by atoms with Gasteiger partial charge in [-0.05, 0) is 38.0 Å². The summed E-state index contributed by atoms with van der Waals surface area (Å²) in [5, 5.41) is 12.4. The maximum absolute atomic E-state index is 8.93. The summed E-state index contributed by atoms with van der Waals surface area (Å²) in [6, 6.07) is 0.878. The van der Waals surface area contributed by atoms with E-state index in [4.69, 9.17) is 5.11 Å². The summed E-state index contributed by atoms with van der Waals surface area (Å²) < 4.78 is 0. The fourth-order valence-corrected chi connectivity index (χ4v) is 2.54. The second kappa shape index (κ2) is 4.97. The van der Waals surface area contributed by atoms with Crippen molar-refractivity contribution in [3.63, 3.8) is 0 Å². The highest BCUT2D eigenvalue weighted by Gasteiger charge is 2.24. The van der Waals surface area contributed by atoms with Crippen LogP contribution in [-0.4, -0.2) is 23.8 Å². The highest BCUT2D eigenvalue weighted by Crippen LogP contribution is 2.28. The molecule has 1 rings (SSSR count). The van der Waals surface area contributed by atoms with Crippen LogP contribution in [0.5, 0.6) is 0 Å². The van der Waals surface area contributed by atoms with Crippen molar-refractivity contribution in [1.82, 2.24) is 5.32 Å². The quantitative estimate of drug-likeness (QED) is 0.702. The van der Waals surface area contributed by atoms with E-state index in [1.807, 2.05) is 6.92 Å². The van der Waals surface area contributed by atoms with E-state index in [9.17, 15) is 0 Å². The topological polar surface area (TPSA) is 32.3 Å². The zero-order valence-corrected chi connectivity index (χ0v) is 9.09. The lowest BCUT2D eigenvalue weighted by molar-refractivity contribution is 0.192. The van der Waals surface area contributed by atoms with E-state index < -0.39 is 0 Å². The molecule has 0 bridgehead atoms. The van der Waals surface area contributed by atoms with Crippen molar-refractivity contribution in [3.8, 4) is 0 Å². The molecule has 0 heterocycles. The van der Waals surface area contributed by atoms with Crippen LogP contribution in [0, 0.1) is 11.8 Å². The molecule has 2 N–H and O–H groups in total. The molecule has 1 aliphatic rings. The van der Waals surface area contributed by atoms with Gasteiger partial charge in [-0.15, -0.1) is 0 Å². The molecule has 0 aromatic carbocycles. The Kier molecular flexibility index (Phi) is 4.20. The first kappa shape index (κ1) is 11.0. The third-order valence-electron chi connectivity index (χ3n) is 2.97. The van der Waals surface area contributed by atoms with E-state index in [-0.39, 0.29) is 12.6 Å². The van der Waals surface area contributed by atoms with Crippen LogP contribution >= 0.6 is 0 Å². The number of aliphatic hydroxyl groups excluding tert-OH is 1. The van der Waals surface area contributed by atoms with Crippen LogP contribution in [0.1, 0.15) is 40.0 Å². The number of nitrogens with one attached hydrogen (secondary N) is 1. The molecule has 3 atom stereocenters. The summed E-state index contributed by atoms with van der Waals surface area (Å²) >= 11 is 0. The van der Waals surface area contributed by atoms with E-state index in [2.05, 4.69) is 19.2 Å². The normalized spacial score (nSPS) is 37.4. The molecule has 0 unspecified atom stereocenters. The lowest BCUT2D eigenvalue weighted by Gasteiger charge is -2.33. The standard InChI is InChI=1S/C11H23NO/c1-8-4-9(2)6-11(5-8)12-10(3)7-13/h8-13H,4-7H2,1-3H3/t8-,9-,10-/m1/s1. The molecule has 0 aliphatic heterocycles. The molecular weight excluding hydrogens is 162 g/mol. The van der Waals surface area contributed by atoms with Gasteiger partial charge in [0.15, 0.2) is 0 Å². The second-order valence-electron chi connectivity index (χ2n) is 4.86. The molecule has 0 aromatic rings. The maximum Gasteiger partial charge on any atom is 0.0582 e. The Hall–Kier alpha value is -0.0800. The first-order valence-electron chi connectivity index (χ1n) is 5.48. The number of hydrogen-bond acceptors (Lipinski definition) is 2. The van der Waals surface area contributed by atoms with E-state index in [1.165, 1.54) is 19.3 Å². The molecule has 1 fully saturated rings. The summed E-state index contributed by atoms with van der Waals surface area (Å²) in [4.78, 5) is 0. The molecule has 0 saturated heterocycles. The predicted octanol–water partition coefficient (Wildman–Crippen LogP) is 1.78. The number of hydrogen-bond donors (Lipinski definition) is 2. The Morgan fingerprint density at radius 2 is 1.77 bits per heavy atom. The molecule has 1 saturated carbocycles. The lowest BCUT2D eigenvalue weighted by Crippen LogP contribution is -2.42. The summed E-state index contributed by atoms with van der Waals surface area (Å²) in [6.07, 6.45) is 3.91. The van der Waals surface area contributed by atoms with Gasteiger partial charge in [-0.25, -0.2) is 0 Å². The maximum atomic E-state index is 8.93. The first-order valence-corrected chi connectivity index (χ1v) is 5.48. The van der Waals surface area contributed by atoms with Gasteiger partial charge < -0.3 is 10.4 Å². The molecule has 13 heavy (non-hydrogen) atoms. The van der Waals surface area contributed by atoms with Gasteiger partial charge in [0.25, 0.3) is 0 Å². The van der Waals surface area contributed by atoms with E-state index in [0.717, 1.165) is 11.8 Å². The predicted molar refractivity (Wildman–Crippen MR) is 55.7 cm³/mol.